The lowest BCUT2D eigenvalue weighted by molar-refractivity contribution is 0.311. The lowest BCUT2D eigenvalue weighted by Crippen LogP contribution is -2.45. The Labute approximate surface area is 127 Å². The highest BCUT2D eigenvalue weighted by molar-refractivity contribution is 5.63. The van der Waals surface area contributed by atoms with Crippen molar-refractivity contribution < 1.29 is 0 Å². The van der Waals surface area contributed by atoms with E-state index in [2.05, 4.69) is 26.9 Å². The fraction of sp³-hybridized carbons (Fsp3) is 0.333. The molecule has 1 saturated heterocycles. The molecular formula is C15H16N6O. The molecule has 0 spiro atoms. The summed E-state index contributed by atoms with van der Waals surface area (Å²) in [6, 6.07) is 7.26. The topological polar surface area (TPSA) is 88.9 Å². The van der Waals surface area contributed by atoms with Gasteiger partial charge in [-0.15, -0.1) is 0 Å². The zero-order valence-corrected chi connectivity index (χ0v) is 12.3. The molecule has 0 amide bonds. The van der Waals surface area contributed by atoms with Crippen molar-refractivity contribution in [1.82, 2.24) is 19.9 Å². The standard InChI is InChI=1S/C15H16N6O/c1-20-6-8-21(9-7-20)15-18-13(11(10-16)14(22)19-15)12-4-2-3-5-17-12/h2-5H,6-9H2,1H3,(H,18,19,22). The number of hydrogen-bond acceptors (Lipinski definition) is 6. The van der Waals surface area contributed by atoms with E-state index in [9.17, 15) is 10.1 Å². The summed E-state index contributed by atoms with van der Waals surface area (Å²) in [4.78, 5) is 27.8. The minimum Gasteiger partial charge on any atom is -0.340 e. The van der Waals surface area contributed by atoms with Gasteiger partial charge in [-0.1, -0.05) is 6.07 Å². The third-order valence-corrected chi connectivity index (χ3v) is 3.73. The molecule has 1 aliphatic rings. The van der Waals surface area contributed by atoms with Crippen molar-refractivity contribution in [2.24, 2.45) is 0 Å². The Morgan fingerprint density at radius 3 is 2.68 bits per heavy atom. The normalized spacial score (nSPS) is 15.5. The van der Waals surface area contributed by atoms with Gasteiger partial charge < -0.3 is 9.80 Å². The minimum atomic E-state index is -0.424. The zero-order chi connectivity index (χ0) is 15.5. The van der Waals surface area contributed by atoms with Gasteiger partial charge in [-0.2, -0.15) is 5.26 Å². The Hall–Kier alpha value is -2.72. The summed E-state index contributed by atoms with van der Waals surface area (Å²) in [7, 11) is 2.06. The van der Waals surface area contributed by atoms with E-state index < -0.39 is 5.56 Å². The van der Waals surface area contributed by atoms with Gasteiger partial charge in [0.25, 0.3) is 5.56 Å². The fourth-order valence-corrected chi connectivity index (χ4v) is 2.42. The maximum atomic E-state index is 12.2. The Kier molecular flexibility index (Phi) is 3.85. The second kappa shape index (κ2) is 5.95. The smallest absolute Gasteiger partial charge is 0.270 e. The predicted octanol–water partition coefficient (Wildman–Crippen LogP) is 0.455. The van der Waals surface area contributed by atoms with E-state index in [1.807, 2.05) is 17.0 Å². The molecule has 7 nitrogen and oxygen atoms in total. The quantitative estimate of drug-likeness (QED) is 0.866. The van der Waals surface area contributed by atoms with Gasteiger partial charge >= 0.3 is 0 Å². The van der Waals surface area contributed by atoms with Crippen LogP contribution in [0.1, 0.15) is 5.56 Å². The SMILES string of the molecule is CN1CCN(c2nc(-c3ccccn3)c(C#N)c(=O)[nH]2)CC1. The van der Waals surface area contributed by atoms with E-state index in [-0.39, 0.29) is 5.56 Å². The number of nitrogens with one attached hydrogen (secondary N) is 1. The first kappa shape index (κ1) is 14.2. The van der Waals surface area contributed by atoms with Crippen LogP contribution in [0.25, 0.3) is 11.4 Å². The number of aromatic amines is 1. The summed E-state index contributed by atoms with van der Waals surface area (Å²) in [5.41, 5.74) is 0.435. The van der Waals surface area contributed by atoms with Crippen molar-refractivity contribution in [3.05, 3.63) is 40.3 Å². The van der Waals surface area contributed by atoms with E-state index in [0.717, 1.165) is 26.2 Å². The molecule has 0 aliphatic carbocycles. The van der Waals surface area contributed by atoms with Gasteiger partial charge in [0, 0.05) is 32.4 Å². The summed E-state index contributed by atoms with van der Waals surface area (Å²) in [6.07, 6.45) is 1.62. The number of piperazine rings is 1. The van der Waals surface area contributed by atoms with Crippen LogP contribution in [0.4, 0.5) is 5.95 Å². The highest BCUT2D eigenvalue weighted by atomic mass is 16.1. The summed E-state index contributed by atoms with van der Waals surface area (Å²) < 4.78 is 0. The van der Waals surface area contributed by atoms with Crippen LogP contribution >= 0.6 is 0 Å². The first-order valence-corrected chi connectivity index (χ1v) is 7.08. The Bertz CT molecular complexity index is 756. The predicted molar refractivity (Wildman–Crippen MR) is 82.5 cm³/mol. The number of hydrogen-bond donors (Lipinski definition) is 1. The van der Waals surface area contributed by atoms with E-state index in [1.165, 1.54) is 0 Å². The molecule has 2 aromatic heterocycles. The van der Waals surface area contributed by atoms with Gasteiger partial charge in [-0.05, 0) is 19.2 Å². The molecule has 0 radical (unpaired) electrons. The van der Waals surface area contributed by atoms with Crippen LogP contribution in [-0.2, 0) is 0 Å². The molecule has 1 fully saturated rings. The molecule has 3 rings (SSSR count). The van der Waals surface area contributed by atoms with Crippen molar-refractivity contribution >= 4 is 5.95 Å². The number of anilines is 1. The Balaban J connectivity index is 2.06. The van der Waals surface area contributed by atoms with Crippen LogP contribution < -0.4 is 10.5 Å². The van der Waals surface area contributed by atoms with Crippen molar-refractivity contribution in [3.63, 3.8) is 0 Å². The first-order valence-electron chi connectivity index (χ1n) is 7.08. The lowest BCUT2D eigenvalue weighted by Gasteiger charge is -2.32. The van der Waals surface area contributed by atoms with E-state index in [4.69, 9.17) is 0 Å². The van der Waals surface area contributed by atoms with E-state index in [0.29, 0.717) is 17.3 Å². The van der Waals surface area contributed by atoms with Gasteiger partial charge in [0.1, 0.15) is 17.3 Å². The largest absolute Gasteiger partial charge is 0.340 e. The molecular weight excluding hydrogens is 280 g/mol. The van der Waals surface area contributed by atoms with E-state index in [1.54, 1.807) is 18.3 Å². The number of rotatable bonds is 2. The highest BCUT2D eigenvalue weighted by Gasteiger charge is 2.20. The molecule has 7 heteroatoms. The summed E-state index contributed by atoms with van der Waals surface area (Å²) in [6.45, 7) is 3.38. The minimum absolute atomic E-state index is 0.00317. The number of nitrogens with zero attached hydrogens (tertiary/aromatic N) is 5. The summed E-state index contributed by atoms with van der Waals surface area (Å²) in [5, 5.41) is 9.24. The van der Waals surface area contributed by atoms with Gasteiger partial charge in [0.2, 0.25) is 5.95 Å². The second-order valence-electron chi connectivity index (χ2n) is 5.23. The van der Waals surface area contributed by atoms with E-state index >= 15 is 0 Å². The Morgan fingerprint density at radius 2 is 2.05 bits per heavy atom. The van der Waals surface area contributed by atoms with Gasteiger partial charge in [-0.3, -0.25) is 14.8 Å². The molecule has 0 aromatic carbocycles. The van der Waals surface area contributed by atoms with Crippen molar-refractivity contribution in [1.29, 1.82) is 5.26 Å². The van der Waals surface area contributed by atoms with Gasteiger partial charge in [0.15, 0.2) is 0 Å². The van der Waals surface area contributed by atoms with Crippen molar-refractivity contribution in [2.45, 2.75) is 0 Å². The maximum absolute atomic E-state index is 12.2. The molecule has 112 valence electrons. The fourth-order valence-electron chi connectivity index (χ4n) is 2.42. The van der Waals surface area contributed by atoms with Gasteiger partial charge in [-0.25, -0.2) is 4.98 Å². The van der Waals surface area contributed by atoms with Crippen LogP contribution in [0.15, 0.2) is 29.2 Å². The molecule has 2 aromatic rings. The number of nitriles is 1. The maximum Gasteiger partial charge on any atom is 0.270 e. The Morgan fingerprint density at radius 1 is 1.27 bits per heavy atom. The molecule has 0 bridgehead atoms. The number of aromatic nitrogens is 3. The molecule has 0 unspecified atom stereocenters. The number of likely N-dealkylation sites (N-methyl/N-ethyl adjacent to an activating group) is 1. The second-order valence-corrected chi connectivity index (χ2v) is 5.23. The van der Waals surface area contributed by atoms with Crippen LogP contribution in [0, 0.1) is 11.3 Å². The third kappa shape index (κ3) is 2.69. The van der Waals surface area contributed by atoms with Crippen LogP contribution in [0.2, 0.25) is 0 Å². The number of pyridine rings is 1. The molecule has 0 atom stereocenters. The molecule has 22 heavy (non-hydrogen) atoms. The average molecular weight is 296 g/mol. The highest BCUT2D eigenvalue weighted by Crippen LogP contribution is 2.19. The van der Waals surface area contributed by atoms with Crippen LogP contribution in [0.5, 0.6) is 0 Å². The molecule has 0 saturated carbocycles. The van der Waals surface area contributed by atoms with Crippen LogP contribution in [0.3, 0.4) is 0 Å². The molecule has 1 N–H and O–H groups in total. The number of H-pyrrole nitrogens is 1. The first-order chi connectivity index (χ1) is 10.7. The molecule has 1 aliphatic heterocycles. The van der Waals surface area contributed by atoms with Crippen LogP contribution in [-0.4, -0.2) is 53.1 Å². The zero-order valence-electron chi connectivity index (χ0n) is 12.3. The van der Waals surface area contributed by atoms with Gasteiger partial charge in [0.05, 0.1) is 5.69 Å². The molecule has 3 heterocycles. The van der Waals surface area contributed by atoms with Crippen molar-refractivity contribution in [3.8, 4) is 17.5 Å². The summed E-state index contributed by atoms with van der Waals surface area (Å²) in [5.74, 6) is 0.498. The summed E-state index contributed by atoms with van der Waals surface area (Å²) >= 11 is 0. The average Bonchev–Trinajstić information content (AvgIpc) is 2.55. The monoisotopic (exact) mass is 296 g/mol. The van der Waals surface area contributed by atoms with Crippen molar-refractivity contribution in [2.75, 3.05) is 38.1 Å². The lowest BCUT2D eigenvalue weighted by atomic mass is 10.2. The third-order valence-electron chi connectivity index (χ3n) is 3.73.